The standard InChI is InChI=1S/C46H48N4O2.Ni/c1-3-5-7-15-21-33-35-23-27-39(47-35)43(45(51)31-17-11-9-12-18-31)41-29-25-37(49-41)34(22-16-8-6-4-2)38-26-30-42(50-38)44(40-28-24-36(33)48-40)46(52)32-19-13-10-14-20-32;/h9-14,17-20,23-30,45-46,51-52H,3-8,15-16,21-22H2,1-2H3;/q-2;+2. The maximum Gasteiger partial charge on any atom is 2.00 e. The minimum absolute atomic E-state index is 0. The Morgan fingerprint density at radius 3 is 1.30 bits per heavy atom. The predicted octanol–water partition coefficient (Wildman–Crippen LogP) is 10.3. The van der Waals surface area contributed by atoms with Gasteiger partial charge in [-0.05, 0) is 72.2 Å². The number of aryl methyl sites for hydroxylation is 1. The van der Waals surface area contributed by atoms with Crippen molar-refractivity contribution in [2.45, 2.75) is 90.3 Å². The van der Waals surface area contributed by atoms with Crippen LogP contribution in [0.2, 0.25) is 0 Å². The molecule has 0 aliphatic carbocycles. The fourth-order valence-electron chi connectivity index (χ4n) is 7.38. The molecular weight excluding hydrogens is 699 g/mol. The topological polar surface area (TPSA) is 94.4 Å². The summed E-state index contributed by atoms with van der Waals surface area (Å²) in [7, 11) is 0. The Hall–Kier alpha value is -4.55. The summed E-state index contributed by atoms with van der Waals surface area (Å²) in [5.74, 6) is 0. The molecule has 6 nitrogen and oxygen atoms in total. The molecule has 0 fully saturated rings. The van der Waals surface area contributed by atoms with Crippen LogP contribution in [0.4, 0.5) is 0 Å². The Morgan fingerprint density at radius 2 is 0.868 bits per heavy atom. The maximum atomic E-state index is 12.0. The van der Waals surface area contributed by atoms with Crippen molar-refractivity contribution in [3.8, 4) is 0 Å². The van der Waals surface area contributed by atoms with Gasteiger partial charge in [-0.3, -0.25) is 0 Å². The van der Waals surface area contributed by atoms with Gasteiger partial charge in [0.05, 0.1) is 22.8 Å². The molecule has 2 aliphatic heterocycles. The molecule has 3 aromatic heterocycles. The van der Waals surface area contributed by atoms with Crippen LogP contribution in [-0.4, -0.2) is 20.2 Å². The molecule has 274 valence electrons. The van der Waals surface area contributed by atoms with E-state index >= 15 is 0 Å². The van der Waals surface area contributed by atoms with Crippen LogP contribution in [0, 0.1) is 0 Å². The summed E-state index contributed by atoms with van der Waals surface area (Å²) in [6.07, 6.45) is 16.8. The zero-order valence-corrected chi connectivity index (χ0v) is 31.6. The minimum atomic E-state index is -0.921. The fraction of sp³-hybridized carbons (Fsp3) is 0.304. The molecule has 5 heterocycles. The normalized spacial score (nSPS) is 13.2. The minimum Gasteiger partial charge on any atom is -0.657 e. The van der Waals surface area contributed by atoms with E-state index in [1.54, 1.807) is 0 Å². The average molecular weight is 748 g/mol. The largest absolute Gasteiger partial charge is 2.00 e. The number of fused-ring (bicyclic) bond motifs is 8. The van der Waals surface area contributed by atoms with E-state index in [0.717, 1.165) is 96.0 Å². The molecule has 0 amide bonds. The second kappa shape index (κ2) is 18.0. The summed E-state index contributed by atoms with van der Waals surface area (Å²) < 4.78 is 0. The first-order valence-electron chi connectivity index (χ1n) is 19.0. The van der Waals surface area contributed by atoms with Gasteiger partial charge in [0.2, 0.25) is 0 Å². The number of benzene rings is 2. The first-order chi connectivity index (χ1) is 25.6. The summed E-state index contributed by atoms with van der Waals surface area (Å²) in [6, 6.07) is 27.6. The fourth-order valence-corrected chi connectivity index (χ4v) is 7.38. The quantitative estimate of drug-likeness (QED) is 0.0850. The van der Waals surface area contributed by atoms with Gasteiger partial charge in [-0.25, -0.2) is 9.97 Å². The van der Waals surface area contributed by atoms with E-state index in [-0.39, 0.29) is 16.5 Å². The molecule has 2 N–H and O–H groups in total. The number of aliphatic hydroxyl groups is 2. The number of hydrogen-bond donors (Lipinski definition) is 2. The first-order valence-corrected chi connectivity index (χ1v) is 19.0. The molecule has 5 aromatic rings. The molecule has 0 spiro atoms. The SMILES string of the molecule is CCCCCCc1c2nc(c(C(O)c3ccccc3)c3ccc([n-]3)c(CCCCCC)c3ccc([n-]3)c(C(O)c3ccccc3)c3nc1C=C3)C=C2.[Ni+2]. The Bertz CT molecular complexity index is 2080. The second-order valence-corrected chi connectivity index (χ2v) is 13.9. The van der Waals surface area contributed by atoms with E-state index in [4.69, 9.17) is 19.9 Å². The third-order valence-corrected chi connectivity index (χ3v) is 10.2. The van der Waals surface area contributed by atoms with Gasteiger partial charge in [-0.1, -0.05) is 143 Å². The zero-order chi connectivity index (χ0) is 35.9. The van der Waals surface area contributed by atoms with Gasteiger partial charge >= 0.3 is 16.5 Å². The number of rotatable bonds is 14. The van der Waals surface area contributed by atoms with Crippen molar-refractivity contribution in [2.75, 3.05) is 0 Å². The Morgan fingerprint density at radius 1 is 0.472 bits per heavy atom. The second-order valence-electron chi connectivity index (χ2n) is 13.9. The van der Waals surface area contributed by atoms with Crippen LogP contribution in [0.5, 0.6) is 0 Å². The Balaban J connectivity index is 0.00000481. The van der Waals surface area contributed by atoms with Gasteiger partial charge in [0.15, 0.2) is 0 Å². The molecule has 53 heavy (non-hydrogen) atoms. The van der Waals surface area contributed by atoms with Crippen LogP contribution >= 0.6 is 0 Å². The third-order valence-electron chi connectivity index (χ3n) is 10.2. The third kappa shape index (κ3) is 8.49. The predicted molar refractivity (Wildman–Crippen MR) is 213 cm³/mol. The van der Waals surface area contributed by atoms with Crippen molar-refractivity contribution in [3.05, 3.63) is 141 Å². The van der Waals surface area contributed by atoms with Crippen LogP contribution in [-0.2, 0) is 29.3 Å². The van der Waals surface area contributed by atoms with E-state index in [1.165, 1.54) is 12.8 Å². The molecule has 8 bridgehead atoms. The van der Waals surface area contributed by atoms with E-state index in [2.05, 4.69) is 38.1 Å². The Kier molecular flexibility index (Phi) is 13.0. The van der Waals surface area contributed by atoms with Crippen LogP contribution in [0.25, 0.3) is 46.4 Å². The van der Waals surface area contributed by atoms with Crippen molar-refractivity contribution in [3.63, 3.8) is 0 Å². The van der Waals surface area contributed by atoms with Crippen molar-refractivity contribution >= 4 is 46.4 Å². The van der Waals surface area contributed by atoms with E-state index in [9.17, 15) is 10.2 Å². The summed E-state index contributed by atoms with van der Waals surface area (Å²) in [5.41, 5.74) is 11.2. The molecule has 0 radical (unpaired) electrons. The molecule has 0 saturated heterocycles. The van der Waals surface area contributed by atoms with Gasteiger partial charge in [0.25, 0.3) is 0 Å². The van der Waals surface area contributed by atoms with Gasteiger partial charge < -0.3 is 20.2 Å². The molecule has 0 saturated carbocycles. The van der Waals surface area contributed by atoms with Gasteiger partial charge in [-0.2, -0.15) is 0 Å². The smallest absolute Gasteiger partial charge is 0.657 e. The number of hydrogen-bond acceptors (Lipinski definition) is 4. The molecule has 2 aromatic carbocycles. The summed E-state index contributed by atoms with van der Waals surface area (Å²) in [5, 5.41) is 24.0. The molecular formula is C46H48N4NiO2. The summed E-state index contributed by atoms with van der Waals surface area (Å²) in [6.45, 7) is 4.44. The van der Waals surface area contributed by atoms with Crippen molar-refractivity contribution < 1.29 is 26.7 Å². The molecule has 7 rings (SSSR count). The van der Waals surface area contributed by atoms with Crippen LogP contribution in [0.3, 0.4) is 0 Å². The van der Waals surface area contributed by atoms with Crippen molar-refractivity contribution in [2.24, 2.45) is 0 Å². The number of nitrogens with zero attached hydrogens (tertiary/aromatic N) is 4. The van der Waals surface area contributed by atoms with E-state index in [0.29, 0.717) is 33.5 Å². The van der Waals surface area contributed by atoms with Crippen LogP contribution in [0.1, 0.15) is 134 Å². The molecule has 2 aliphatic rings. The van der Waals surface area contributed by atoms with Crippen LogP contribution in [0.15, 0.2) is 84.9 Å². The number of unbranched alkanes of at least 4 members (excludes halogenated alkanes) is 6. The summed E-state index contributed by atoms with van der Waals surface area (Å²) >= 11 is 0. The zero-order valence-electron chi connectivity index (χ0n) is 30.6. The van der Waals surface area contributed by atoms with Crippen LogP contribution < -0.4 is 9.97 Å². The van der Waals surface area contributed by atoms with Gasteiger partial charge in [0.1, 0.15) is 12.2 Å². The van der Waals surface area contributed by atoms with E-state index < -0.39 is 12.2 Å². The average Bonchev–Trinajstić information content (AvgIpc) is 4.02. The van der Waals surface area contributed by atoms with Crippen molar-refractivity contribution in [1.82, 2.24) is 19.9 Å². The molecule has 2 atom stereocenters. The van der Waals surface area contributed by atoms with Gasteiger partial charge in [0, 0.05) is 5.56 Å². The van der Waals surface area contributed by atoms with E-state index in [1.807, 2.05) is 84.9 Å². The monoisotopic (exact) mass is 746 g/mol. The molecule has 7 heteroatoms. The summed E-state index contributed by atoms with van der Waals surface area (Å²) in [4.78, 5) is 20.9. The van der Waals surface area contributed by atoms with Gasteiger partial charge in [-0.15, -0.1) is 22.1 Å². The maximum absolute atomic E-state index is 12.0. The number of aromatic nitrogens is 4. The number of aliphatic hydroxyl groups excluding tert-OH is 2. The molecule has 2 unspecified atom stereocenters. The Labute approximate surface area is 323 Å². The first kappa shape index (κ1) is 38.2. The van der Waals surface area contributed by atoms with Crippen molar-refractivity contribution in [1.29, 1.82) is 0 Å².